The monoisotopic (exact) mass is 183 g/mol. The SMILES string of the molecule is CCOC(=O)C1CNCC2(CC2)C1. The second kappa shape index (κ2) is 3.29. The van der Waals surface area contributed by atoms with E-state index in [9.17, 15) is 4.79 Å². The van der Waals surface area contributed by atoms with Crippen LogP contribution in [0.5, 0.6) is 0 Å². The smallest absolute Gasteiger partial charge is 0.310 e. The number of carbonyl (C=O) groups is 1. The second-order valence-electron chi connectivity index (χ2n) is 4.28. The zero-order chi connectivity index (χ0) is 9.31. The maximum absolute atomic E-state index is 11.5. The van der Waals surface area contributed by atoms with Crippen LogP contribution in [0.25, 0.3) is 0 Å². The number of hydrogen-bond donors (Lipinski definition) is 1. The molecule has 0 aromatic rings. The van der Waals surface area contributed by atoms with Crippen molar-refractivity contribution < 1.29 is 9.53 Å². The third-order valence-electron chi connectivity index (χ3n) is 3.15. The summed E-state index contributed by atoms with van der Waals surface area (Å²) in [5.41, 5.74) is 0.468. The highest BCUT2D eigenvalue weighted by Crippen LogP contribution is 2.51. The molecule has 3 nitrogen and oxygen atoms in total. The van der Waals surface area contributed by atoms with Gasteiger partial charge in [0.25, 0.3) is 0 Å². The predicted octanol–water partition coefficient (Wildman–Crippen LogP) is 0.939. The molecule has 0 aromatic carbocycles. The van der Waals surface area contributed by atoms with Crippen LogP contribution in [0.15, 0.2) is 0 Å². The number of rotatable bonds is 2. The summed E-state index contributed by atoms with van der Waals surface area (Å²) in [6, 6.07) is 0. The van der Waals surface area contributed by atoms with Gasteiger partial charge in [-0.15, -0.1) is 0 Å². The Bertz CT molecular complexity index is 211. The summed E-state index contributed by atoms with van der Waals surface area (Å²) < 4.78 is 5.02. The van der Waals surface area contributed by atoms with E-state index < -0.39 is 0 Å². The van der Waals surface area contributed by atoms with E-state index in [0.717, 1.165) is 19.5 Å². The summed E-state index contributed by atoms with van der Waals surface area (Å²) in [6.45, 7) is 4.27. The number of esters is 1. The molecule has 1 aliphatic heterocycles. The molecule has 74 valence electrons. The molecule has 2 rings (SSSR count). The third kappa shape index (κ3) is 1.85. The summed E-state index contributed by atoms with van der Waals surface area (Å²) in [4.78, 5) is 11.5. The minimum absolute atomic E-state index is 0.0130. The van der Waals surface area contributed by atoms with Crippen molar-refractivity contribution in [2.24, 2.45) is 11.3 Å². The summed E-state index contributed by atoms with van der Waals surface area (Å²) >= 11 is 0. The maximum atomic E-state index is 11.5. The molecule has 2 aliphatic rings. The van der Waals surface area contributed by atoms with Crippen LogP contribution in [0.3, 0.4) is 0 Å². The van der Waals surface area contributed by atoms with Gasteiger partial charge in [0.1, 0.15) is 0 Å². The van der Waals surface area contributed by atoms with Crippen LogP contribution in [0.4, 0.5) is 0 Å². The van der Waals surface area contributed by atoms with Gasteiger partial charge in [-0.05, 0) is 31.6 Å². The largest absolute Gasteiger partial charge is 0.466 e. The van der Waals surface area contributed by atoms with E-state index in [4.69, 9.17) is 4.74 Å². The van der Waals surface area contributed by atoms with E-state index in [1.165, 1.54) is 12.8 Å². The van der Waals surface area contributed by atoms with Gasteiger partial charge < -0.3 is 10.1 Å². The molecule has 1 unspecified atom stereocenters. The Balaban J connectivity index is 1.88. The highest BCUT2D eigenvalue weighted by atomic mass is 16.5. The van der Waals surface area contributed by atoms with E-state index in [-0.39, 0.29) is 11.9 Å². The van der Waals surface area contributed by atoms with Gasteiger partial charge in [0.05, 0.1) is 12.5 Å². The van der Waals surface area contributed by atoms with Gasteiger partial charge in [-0.1, -0.05) is 0 Å². The quantitative estimate of drug-likeness (QED) is 0.647. The lowest BCUT2D eigenvalue weighted by molar-refractivity contribution is -0.149. The first-order valence-electron chi connectivity index (χ1n) is 5.13. The zero-order valence-corrected chi connectivity index (χ0v) is 8.14. The minimum atomic E-state index is -0.0130. The molecule has 0 aromatic heterocycles. The Morgan fingerprint density at radius 2 is 2.38 bits per heavy atom. The van der Waals surface area contributed by atoms with Crippen LogP contribution in [-0.2, 0) is 9.53 Å². The Kier molecular flexibility index (Phi) is 2.28. The third-order valence-corrected chi connectivity index (χ3v) is 3.15. The van der Waals surface area contributed by atoms with E-state index in [2.05, 4.69) is 5.32 Å². The highest BCUT2D eigenvalue weighted by molar-refractivity contribution is 5.73. The lowest BCUT2D eigenvalue weighted by Gasteiger charge is -2.28. The van der Waals surface area contributed by atoms with Gasteiger partial charge >= 0.3 is 5.97 Å². The van der Waals surface area contributed by atoms with Crippen molar-refractivity contribution in [1.82, 2.24) is 5.32 Å². The minimum Gasteiger partial charge on any atom is -0.466 e. The standard InChI is InChI=1S/C10H17NO2/c1-2-13-9(12)8-5-10(3-4-10)7-11-6-8/h8,11H,2-7H2,1H3. The van der Waals surface area contributed by atoms with Crippen molar-refractivity contribution in [1.29, 1.82) is 0 Å². The molecule has 1 spiro atoms. The van der Waals surface area contributed by atoms with Gasteiger partial charge in [-0.3, -0.25) is 4.79 Å². The predicted molar refractivity (Wildman–Crippen MR) is 49.3 cm³/mol. The molecule has 0 bridgehead atoms. The Labute approximate surface area is 78.8 Å². The molecule has 1 N–H and O–H groups in total. The molecule has 1 saturated carbocycles. The van der Waals surface area contributed by atoms with Crippen LogP contribution >= 0.6 is 0 Å². The fourth-order valence-corrected chi connectivity index (χ4v) is 2.16. The topological polar surface area (TPSA) is 38.3 Å². The van der Waals surface area contributed by atoms with Crippen molar-refractivity contribution in [2.45, 2.75) is 26.2 Å². The Morgan fingerprint density at radius 1 is 1.62 bits per heavy atom. The van der Waals surface area contributed by atoms with Crippen LogP contribution in [-0.4, -0.2) is 25.7 Å². The lowest BCUT2D eigenvalue weighted by atomic mass is 9.88. The number of nitrogens with one attached hydrogen (secondary N) is 1. The van der Waals surface area contributed by atoms with Crippen LogP contribution in [0.1, 0.15) is 26.2 Å². The molecule has 0 amide bonds. The van der Waals surface area contributed by atoms with Crippen LogP contribution in [0.2, 0.25) is 0 Å². The molecule has 2 fully saturated rings. The van der Waals surface area contributed by atoms with E-state index in [1.807, 2.05) is 6.92 Å². The van der Waals surface area contributed by atoms with Gasteiger partial charge in [0.15, 0.2) is 0 Å². The fourth-order valence-electron chi connectivity index (χ4n) is 2.16. The van der Waals surface area contributed by atoms with Crippen molar-refractivity contribution in [2.75, 3.05) is 19.7 Å². The Morgan fingerprint density at radius 3 is 3.00 bits per heavy atom. The molecule has 1 aliphatic carbocycles. The molecule has 1 saturated heterocycles. The second-order valence-corrected chi connectivity index (χ2v) is 4.28. The summed E-state index contributed by atoms with van der Waals surface area (Å²) in [5, 5.41) is 3.33. The van der Waals surface area contributed by atoms with Gasteiger partial charge in [-0.25, -0.2) is 0 Å². The van der Waals surface area contributed by atoms with E-state index in [0.29, 0.717) is 12.0 Å². The summed E-state index contributed by atoms with van der Waals surface area (Å²) in [7, 11) is 0. The van der Waals surface area contributed by atoms with Crippen molar-refractivity contribution in [3.63, 3.8) is 0 Å². The van der Waals surface area contributed by atoms with Gasteiger partial charge in [-0.2, -0.15) is 0 Å². The maximum Gasteiger partial charge on any atom is 0.310 e. The van der Waals surface area contributed by atoms with Crippen molar-refractivity contribution in [3.8, 4) is 0 Å². The van der Waals surface area contributed by atoms with E-state index in [1.54, 1.807) is 0 Å². The first-order chi connectivity index (χ1) is 6.26. The van der Waals surface area contributed by atoms with E-state index >= 15 is 0 Å². The first-order valence-corrected chi connectivity index (χ1v) is 5.13. The number of piperidine rings is 1. The average Bonchev–Trinajstić information content (AvgIpc) is 2.85. The molecule has 1 atom stereocenters. The number of carbonyl (C=O) groups excluding carboxylic acids is 1. The normalized spacial score (nSPS) is 30.1. The molecule has 3 heteroatoms. The molecule has 1 heterocycles. The molecular weight excluding hydrogens is 166 g/mol. The Hall–Kier alpha value is -0.570. The first kappa shape index (κ1) is 9.00. The average molecular weight is 183 g/mol. The number of hydrogen-bond acceptors (Lipinski definition) is 3. The van der Waals surface area contributed by atoms with Crippen LogP contribution < -0.4 is 5.32 Å². The summed E-state index contributed by atoms with van der Waals surface area (Å²) in [5.74, 6) is 0.0946. The molecule has 13 heavy (non-hydrogen) atoms. The molecular formula is C10H17NO2. The summed E-state index contributed by atoms with van der Waals surface area (Å²) in [6.07, 6.45) is 3.62. The molecule has 0 radical (unpaired) electrons. The lowest BCUT2D eigenvalue weighted by Crippen LogP contribution is -2.41. The van der Waals surface area contributed by atoms with Crippen molar-refractivity contribution in [3.05, 3.63) is 0 Å². The zero-order valence-electron chi connectivity index (χ0n) is 8.14. The van der Waals surface area contributed by atoms with Crippen LogP contribution in [0, 0.1) is 11.3 Å². The fraction of sp³-hybridized carbons (Fsp3) is 0.900. The van der Waals surface area contributed by atoms with Gasteiger partial charge in [0, 0.05) is 13.1 Å². The van der Waals surface area contributed by atoms with Crippen molar-refractivity contribution >= 4 is 5.97 Å². The highest BCUT2D eigenvalue weighted by Gasteiger charge is 2.47. The number of ether oxygens (including phenoxy) is 1. The van der Waals surface area contributed by atoms with Gasteiger partial charge in [0.2, 0.25) is 0 Å².